The van der Waals surface area contributed by atoms with E-state index in [0.717, 1.165) is 30.1 Å². The first-order chi connectivity index (χ1) is 10.1. The minimum atomic E-state index is -1.56. The van der Waals surface area contributed by atoms with Crippen LogP contribution in [-0.2, 0) is 19.4 Å². The summed E-state index contributed by atoms with van der Waals surface area (Å²) in [6.45, 7) is 4.60. The van der Waals surface area contributed by atoms with E-state index >= 15 is 0 Å². The quantitative estimate of drug-likeness (QED) is 0.739. The summed E-state index contributed by atoms with van der Waals surface area (Å²) in [6, 6.07) is 5.33. The molecule has 0 spiro atoms. The van der Waals surface area contributed by atoms with Crippen molar-refractivity contribution in [2.24, 2.45) is 0 Å². The number of ether oxygens (including phenoxy) is 1. The van der Waals surface area contributed by atoms with Gasteiger partial charge in [0.2, 0.25) is 0 Å². The topological polar surface area (TPSA) is 80.4 Å². The third-order valence-electron chi connectivity index (χ3n) is 3.33. The molecule has 112 valence electrons. The van der Waals surface area contributed by atoms with E-state index in [0.29, 0.717) is 17.8 Å². The second-order valence-corrected chi connectivity index (χ2v) is 4.76. The normalized spacial score (nSPS) is 10.7. The Morgan fingerprint density at radius 1 is 1.24 bits per heavy atom. The fourth-order valence-corrected chi connectivity index (χ4v) is 2.22. The molecule has 0 saturated heterocycles. The van der Waals surface area contributed by atoms with E-state index in [2.05, 4.69) is 10.1 Å². The van der Waals surface area contributed by atoms with Gasteiger partial charge >= 0.3 is 7.12 Å². The molecule has 2 rings (SSSR count). The summed E-state index contributed by atoms with van der Waals surface area (Å²) in [6.07, 6.45) is 1.60. The molecule has 0 aliphatic carbocycles. The van der Waals surface area contributed by atoms with Crippen molar-refractivity contribution in [2.45, 2.75) is 33.2 Å². The van der Waals surface area contributed by atoms with Crippen molar-refractivity contribution in [3.05, 3.63) is 35.4 Å². The number of nitrogens with zero attached hydrogens (tertiary/aromatic N) is 3. The zero-order valence-corrected chi connectivity index (χ0v) is 12.6. The highest BCUT2D eigenvalue weighted by Gasteiger charge is 2.18. The van der Waals surface area contributed by atoms with Crippen LogP contribution in [0.2, 0.25) is 0 Å². The van der Waals surface area contributed by atoms with Gasteiger partial charge in [0.25, 0.3) is 0 Å². The van der Waals surface area contributed by atoms with Crippen molar-refractivity contribution < 1.29 is 14.8 Å². The maximum Gasteiger partial charge on any atom is 0.492 e. The number of aryl methyl sites for hydroxylation is 2. The van der Waals surface area contributed by atoms with Gasteiger partial charge in [-0.15, -0.1) is 0 Å². The molecule has 6 nitrogen and oxygen atoms in total. The van der Waals surface area contributed by atoms with Gasteiger partial charge in [0.05, 0.1) is 13.7 Å². The standard InChI is InChI=1S/C14H20BN3O3/c1-4-13-16-14(5-2)18(17-13)9-10-6-7-12(21-3)11(8-10)15(19)20/h6-8,19-20H,4-5,9H2,1-3H3. The van der Waals surface area contributed by atoms with Gasteiger partial charge in [-0.05, 0) is 11.6 Å². The lowest BCUT2D eigenvalue weighted by atomic mass is 9.78. The molecule has 2 aromatic rings. The molecule has 0 saturated carbocycles. The van der Waals surface area contributed by atoms with Crippen molar-refractivity contribution >= 4 is 12.6 Å². The maximum absolute atomic E-state index is 9.41. The molecule has 21 heavy (non-hydrogen) atoms. The van der Waals surface area contributed by atoms with Gasteiger partial charge in [-0.1, -0.05) is 26.0 Å². The summed E-state index contributed by atoms with van der Waals surface area (Å²) < 4.78 is 6.98. The third-order valence-corrected chi connectivity index (χ3v) is 3.33. The van der Waals surface area contributed by atoms with Gasteiger partial charge in [-0.25, -0.2) is 9.67 Å². The van der Waals surface area contributed by atoms with Gasteiger partial charge in [0, 0.05) is 18.3 Å². The number of hydrogen-bond acceptors (Lipinski definition) is 5. The molecule has 0 aliphatic rings. The first-order valence-electron chi connectivity index (χ1n) is 7.04. The van der Waals surface area contributed by atoms with E-state index < -0.39 is 7.12 Å². The van der Waals surface area contributed by atoms with Crippen LogP contribution in [0, 0.1) is 0 Å². The lowest BCUT2D eigenvalue weighted by Gasteiger charge is -2.11. The molecule has 0 unspecified atom stereocenters. The Bertz CT molecular complexity index is 614. The predicted octanol–water partition coefficient (Wildman–Crippen LogP) is 0.140. The number of methoxy groups -OCH3 is 1. The third kappa shape index (κ3) is 3.43. The Balaban J connectivity index is 2.31. The number of rotatable bonds is 6. The van der Waals surface area contributed by atoms with Crippen LogP contribution in [0.3, 0.4) is 0 Å². The Kier molecular flexibility index (Phi) is 4.98. The smallest absolute Gasteiger partial charge is 0.492 e. The van der Waals surface area contributed by atoms with Crippen LogP contribution in [0.4, 0.5) is 0 Å². The Labute approximate surface area is 124 Å². The van der Waals surface area contributed by atoms with Crippen LogP contribution < -0.4 is 10.2 Å². The molecule has 0 radical (unpaired) electrons. The first kappa shape index (κ1) is 15.5. The molecular formula is C14H20BN3O3. The highest BCUT2D eigenvalue weighted by Crippen LogP contribution is 2.12. The maximum atomic E-state index is 9.41. The van der Waals surface area contributed by atoms with E-state index in [1.165, 1.54) is 7.11 Å². The lowest BCUT2D eigenvalue weighted by Crippen LogP contribution is -2.31. The Hall–Kier alpha value is -1.86. The van der Waals surface area contributed by atoms with Crippen LogP contribution >= 0.6 is 0 Å². The second-order valence-electron chi connectivity index (χ2n) is 4.76. The highest BCUT2D eigenvalue weighted by molar-refractivity contribution is 6.59. The minimum absolute atomic E-state index is 0.351. The van der Waals surface area contributed by atoms with Crippen LogP contribution in [0.1, 0.15) is 31.1 Å². The number of aromatic nitrogens is 3. The zero-order valence-electron chi connectivity index (χ0n) is 12.6. The van der Waals surface area contributed by atoms with Gasteiger partial charge < -0.3 is 14.8 Å². The average Bonchev–Trinajstić information content (AvgIpc) is 2.89. The molecule has 0 amide bonds. The summed E-state index contributed by atoms with van der Waals surface area (Å²) in [5, 5.41) is 23.3. The lowest BCUT2D eigenvalue weighted by molar-refractivity contribution is 0.403. The SMILES string of the molecule is CCc1nc(CC)n(Cc2ccc(OC)c(B(O)O)c2)n1. The first-order valence-corrected chi connectivity index (χ1v) is 7.04. The van der Waals surface area contributed by atoms with Gasteiger partial charge in [-0.3, -0.25) is 0 Å². The fourth-order valence-electron chi connectivity index (χ4n) is 2.22. The molecule has 0 atom stereocenters. The Morgan fingerprint density at radius 3 is 2.57 bits per heavy atom. The van der Waals surface area contributed by atoms with Crippen molar-refractivity contribution in [3.63, 3.8) is 0 Å². The zero-order chi connectivity index (χ0) is 15.4. The van der Waals surface area contributed by atoms with Crippen LogP contribution in [0.15, 0.2) is 18.2 Å². The van der Waals surface area contributed by atoms with E-state index in [-0.39, 0.29) is 0 Å². The van der Waals surface area contributed by atoms with E-state index in [1.54, 1.807) is 12.1 Å². The number of hydrogen-bond donors (Lipinski definition) is 2. The van der Waals surface area contributed by atoms with Gasteiger partial charge in [0.15, 0.2) is 5.82 Å². The summed E-state index contributed by atoms with van der Waals surface area (Å²) in [7, 11) is -0.0615. The fraction of sp³-hybridized carbons (Fsp3) is 0.429. The Morgan fingerprint density at radius 2 is 2.00 bits per heavy atom. The van der Waals surface area contributed by atoms with Crippen molar-refractivity contribution in [2.75, 3.05) is 7.11 Å². The van der Waals surface area contributed by atoms with Crippen LogP contribution in [-0.4, -0.2) is 39.0 Å². The molecule has 1 heterocycles. The minimum Gasteiger partial charge on any atom is -0.497 e. The molecule has 0 aliphatic heterocycles. The highest BCUT2D eigenvalue weighted by atomic mass is 16.5. The average molecular weight is 289 g/mol. The summed E-state index contributed by atoms with van der Waals surface area (Å²) in [4.78, 5) is 4.46. The van der Waals surface area contributed by atoms with Crippen molar-refractivity contribution in [3.8, 4) is 5.75 Å². The van der Waals surface area contributed by atoms with Gasteiger partial charge in [-0.2, -0.15) is 5.10 Å². The number of benzene rings is 1. The summed E-state index contributed by atoms with van der Waals surface area (Å²) >= 11 is 0. The molecule has 1 aromatic carbocycles. The van der Waals surface area contributed by atoms with E-state index in [1.807, 2.05) is 24.6 Å². The van der Waals surface area contributed by atoms with Crippen LogP contribution in [0.5, 0.6) is 5.75 Å². The summed E-state index contributed by atoms with van der Waals surface area (Å²) in [5.74, 6) is 2.20. The van der Waals surface area contributed by atoms with Crippen LogP contribution in [0.25, 0.3) is 0 Å². The molecule has 7 heteroatoms. The van der Waals surface area contributed by atoms with E-state index in [4.69, 9.17) is 4.74 Å². The molecule has 2 N–H and O–H groups in total. The van der Waals surface area contributed by atoms with E-state index in [9.17, 15) is 10.0 Å². The van der Waals surface area contributed by atoms with Gasteiger partial charge in [0.1, 0.15) is 11.6 Å². The summed E-state index contributed by atoms with van der Waals surface area (Å²) in [5.41, 5.74) is 1.27. The van der Waals surface area contributed by atoms with Crippen molar-refractivity contribution in [1.29, 1.82) is 0 Å². The second kappa shape index (κ2) is 6.73. The largest absolute Gasteiger partial charge is 0.497 e. The molecular weight excluding hydrogens is 269 g/mol. The molecule has 0 bridgehead atoms. The monoisotopic (exact) mass is 289 g/mol. The molecule has 0 fully saturated rings. The predicted molar refractivity (Wildman–Crippen MR) is 80.7 cm³/mol. The van der Waals surface area contributed by atoms with Crippen molar-refractivity contribution in [1.82, 2.24) is 14.8 Å². The molecule has 1 aromatic heterocycles.